The van der Waals surface area contributed by atoms with E-state index in [4.69, 9.17) is 4.74 Å². The average Bonchev–Trinajstić information content (AvgIpc) is 3.43. The molecule has 2 aliphatic rings. The maximum atomic E-state index is 13.7. The fourth-order valence-corrected chi connectivity index (χ4v) is 3.73. The van der Waals surface area contributed by atoms with Crippen LogP contribution in [0.2, 0.25) is 0 Å². The standard InChI is InChI=1S/C20H18BrFN2O2/c21-13-10-15-14(12-7-8-12)4-3-9-26-19(15)18(11-13)24-20(25)23-17-6-2-1-5-16(17)22/h1-6,10-12,14H,7-9H2,(H2,23,24,25)/t14-/m1/s1. The third-order valence-corrected chi connectivity index (χ3v) is 5.07. The molecular formula is C20H18BrFN2O2. The van der Waals surface area contributed by atoms with Gasteiger partial charge in [-0.25, -0.2) is 9.18 Å². The van der Waals surface area contributed by atoms with E-state index >= 15 is 0 Å². The number of ether oxygens (including phenoxy) is 1. The Morgan fingerprint density at radius 1 is 1.15 bits per heavy atom. The van der Waals surface area contributed by atoms with Crippen LogP contribution in [0.25, 0.3) is 0 Å². The molecule has 26 heavy (non-hydrogen) atoms. The van der Waals surface area contributed by atoms with Crippen molar-refractivity contribution in [3.8, 4) is 5.75 Å². The van der Waals surface area contributed by atoms with Crippen molar-refractivity contribution < 1.29 is 13.9 Å². The number of carbonyl (C=O) groups excluding carboxylic acids is 1. The Kier molecular flexibility index (Phi) is 4.68. The van der Waals surface area contributed by atoms with Gasteiger partial charge in [0.15, 0.2) is 0 Å². The van der Waals surface area contributed by atoms with Crippen LogP contribution in [-0.2, 0) is 0 Å². The quantitative estimate of drug-likeness (QED) is 0.632. The van der Waals surface area contributed by atoms with Crippen LogP contribution < -0.4 is 15.4 Å². The van der Waals surface area contributed by atoms with E-state index in [9.17, 15) is 9.18 Å². The summed E-state index contributed by atoms with van der Waals surface area (Å²) in [5, 5.41) is 5.33. The molecule has 1 atom stereocenters. The summed E-state index contributed by atoms with van der Waals surface area (Å²) >= 11 is 3.52. The van der Waals surface area contributed by atoms with E-state index in [1.165, 1.54) is 25.0 Å². The number of rotatable bonds is 3. The smallest absolute Gasteiger partial charge is 0.323 e. The van der Waals surface area contributed by atoms with Crippen molar-refractivity contribution in [2.24, 2.45) is 5.92 Å². The normalized spacial score (nSPS) is 18.5. The molecule has 6 heteroatoms. The molecule has 4 nitrogen and oxygen atoms in total. The highest BCUT2D eigenvalue weighted by atomic mass is 79.9. The van der Waals surface area contributed by atoms with Gasteiger partial charge in [-0.1, -0.05) is 40.2 Å². The SMILES string of the molecule is O=C(Nc1ccccc1F)Nc1cc(Br)cc2c1OCC=C[C@@H]2C1CC1. The summed E-state index contributed by atoms with van der Waals surface area (Å²) in [7, 11) is 0. The second-order valence-corrected chi connectivity index (χ2v) is 7.45. The van der Waals surface area contributed by atoms with Gasteiger partial charge in [-0.3, -0.25) is 0 Å². The molecule has 0 spiro atoms. The molecule has 0 aromatic heterocycles. The van der Waals surface area contributed by atoms with Crippen LogP contribution in [0.3, 0.4) is 0 Å². The third kappa shape index (κ3) is 3.60. The number of halogens is 2. The van der Waals surface area contributed by atoms with Crippen LogP contribution in [0.15, 0.2) is 53.0 Å². The molecule has 1 aliphatic carbocycles. The second kappa shape index (κ2) is 7.11. The predicted molar refractivity (Wildman–Crippen MR) is 103 cm³/mol. The highest BCUT2D eigenvalue weighted by Crippen LogP contribution is 2.49. The number of benzene rings is 2. The minimum absolute atomic E-state index is 0.129. The number of nitrogens with one attached hydrogen (secondary N) is 2. The Morgan fingerprint density at radius 3 is 2.69 bits per heavy atom. The largest absolute Gasteiger partial charge is 0.487 e. The summed E-state index contributed by atoms with van der Waals surface area (Å²) in [4.78, 5) is 12.4. The highest BCUT2D eigenvalue weighted by Gasteiger charge is 2.34. The Labute approximate surface area is 159 Å². The summed E-state index contributed by atoms with van der Waals surface area (Å²) in [6, 6.07) is 9.39. The molecule has 134 valence electrons. The fraction of sp³-hybridized carbons (Fsp3) is 0.250. The van der Waals surface area contributed by atoms with Crippen LogP contribution in [-0.4, -0.2) is 12.6 Å². The Hall–Kier alpha value is -2.34. The lowest BCUT2D eigenvalue weighted by atomic mass is 9.93. The lowest BCUT2D eigenvalue weighted by molar-refractivity contribution is 0.262. The van der Waals surface area contributed by atoms with Crippen molar-refractivity contribution in [3.63, 3.8) is 0 Å². The van der Waals surface area contributed by atoms with E-state index in [0.29, 0.717) is 29.9 Å². The number of anilines is 2. The van der Waals surface area contributed by atoms with Crippen LogP contribution in [0, 0.1) is 11.7 Å². The van der Waals surface area contributed by atoms with Crippen molar-refractivity contribution in [2.75, 3.05) is 17.2 Å². The monoisotopic (exact) mass is 416 g/mol. The predicted octanol–water partition coefficient (Wildman–Crippen LogP) is 5.67. The van der Waals surface area contributed by atoms with Crippen molar-refractivity contribution in [1.29, 1.82) is 0 Å². The zero-order valence-corrected chi connectivity index (χ0v) is 15.6. The van der Waals surface area contributed by atoms with Gasteiger partial charge in [-0.05, 0) is 43.0 Å². The number of carbonyl (C=O) groups is 1. The first-order valence-corrected chi connectivity index (χ1v) is 9.36. The third-order valence-electron chi connectivity index (χ3n) is 4.61. The van der Waals surface area contributed by atoms with Gasteiger partial charge < -0.3 is 15.4 Å². The second-order valence-electron chi connectivity index (χ2n) is 6.53. The molecule has 2 N–H and O–H groups in total. The lowest BCUT2D eigenvalue weighted by Crippen LogP contribution is -2.21. The molecule has 2 amide bonds. The van der Waals surface area contributed by atoms with E-state index in [2.05, 4.69) is 32.6 Å². The number of para-hydroxylation sites is 1. The fourth-order valence-electron chi connectivity index (χ4n) is 3.26. The molecule has 1 heterocycles. The van der Waals surface area contributed by atoms with E-state index in [1.807, 2.05) is 12.1 Å². The minimum atomic E-state index is -0.515. The molecule has 2 aromatic rings. The summed E-state index contributed by atoms with van der Waals surface area (Å²) < 4.78 is 20.5. The van der Waals surface area contributed by atoms with Crippen LogP contribution in [0.1, 0.15) is 24.3 Å². The molecule has 1 fully saturated rings. The van der Waals surface area contributed by atoms with Gasteiger partial charge in [0.25, 0.3) is 0 Å². The molecule has 4 rings (SSSR count). The van der Waals surface area contributed by atoms with Crippen molar-refractivity contribution in [1.82, 2.24) is 0 Å². The summed E-state index contributed by atoms with van der Waals surface area (Å²) in [5.74, 6) is 1.12. The van der Waals surface area contributed by atoms with Crippen molar-refractivity contribution >= 4 is 33.3 Å². The molecule has 2 aromatic carbocycles. The van der Waals surface area contributed by atoms with Crippen LogP contribution >= 0.6 is 15.9 Å². The summed E-state index contributed by atoms with van der Waals surface area (Å²) in [6.45, 7) is 0.460. The summed E-state index contributed by atoms with van der Waals surface area (Å²) in [5.41, 5.74) is 1.76. The maximum Gasteiger partial charge on any atom is 0.323 e. The van der Waals surface area contributed by atoms with E-state index in [0.717, 1.165) is 10.0 Å². The van der Waals surface area contributed by atoms with Crippen molar-refractivity contribution in [3.05, 3.63) is 64.4 Å². The first-order chi connectivity index (χ1) is 12.6. The van der Waals surface area contributed by atoms with Gasteiger partial charge in [0.2, 0.25) is 0 Å². The van der Waals surface area contributed by atoms with Gasteiger partial charge in [0, 0.05) is 16.0 Å². The Bertz CT molecular complexity index is 880. The number of hydrogen-bond acceptors (Lipinski definition) is 2. The minimum Gasteiger partial charge on any atom is -0.487 e. The molecule has 0 saturated heterocycles. The molecule has 1 aliphatic heterocycles. The Morgan fingerprint density at radius 2 is 1.92 bits per heavy atom. The number of allylic oxidation sites excluding steroid dienone is 1. The van der Waals surface area contributed by atoms with Crippen molar-refractivity contribution in [2.45, 2.75) is 18.8 Å². The first-order valence-electron chi connectivity index (χ1n) is 8.57. The molecule has 0 bridgehead atoms. The van der Waals surface area contributed by atoms with Gasteiger partial charge >= 0.3 is 6.03 Å². The number of fused-ring (bicyclic) bond motifs is 1. The highest BCUT2D eigenvalue weighted by molar-refractivity contribution is 9.10. The van der Waals surface area contributed by atoms with Crippen LogP contribution in [0.5, 0.6) is 5.75 Å². The number of amides is 2. The number of hydrogen-bond donors (Lipinski definition) is 2. The van der Waals surface area contributed by atoms with Gasteiger partial charge in [0.1, 0.15) is 18.2 Å². The zero-order valence-electron chi connectivity index (χ0n) is 14.0. The lowest BCUT2D eigenvalue weighted by Gasteiger charge is -2.19. The van der Waals surface area contributed by atoms with E-state index in [-0.39, 0.29) is 5.69 Å². The Balaban J connectivity index is 1.61. The van der Waals surface area contributed by atoms with Gasteiger partial charge in [-0.15, -0.1) is 0 Å². The van der Waals surface area contributed by atoms with Crippen LogP contribution in [0.4, 0.5) is 20.6 Å². The summed E-state index contributed by atoms with van der Waals surface area (Å²) in [6.07, 6.45) is 6.63. The molecular weight excluding hydrogens is 399 g/mol. The van der Waals surface area contributed by atoms with E-state index in [1.54, 1.807) is 18.2 Å². The average molecular weight is 417 g/mol. The van der Waals surface area contributed by atoms with Gasteiger partial charge in [-0.2, -0.15) is 0 Å². The molecule has 0 radical (unpaired) electrons. The first kappa shape index (κ1) is 17.1. The topological polar surface area (TPSA) is 50.4 Å². The number of urea groups is 1. The van der Waals surface area contributed by atoms with E-state index < -0.39 is 11.8 Å². The van der Waals surface area contributed by atoms with Gasteiger partial charge in [0.05, 0.1) is 11.4 Å². The zero-order chi connectivity index (χ0) is 18.1. The molecule has 0 unspecified atom stereocenters. The maximum absolute atomic E-state index is 13.7. The molecule has 1 saturated carbocycles.